The van der Waals surface area contributed by atoms with Crippen LogP contribution in [0.2, 0.25) is 0 Å². The van der Waals surface area contributed by atoms with Crippen molar-refractivity contribution in [3.05, 3.63) is 18.3 Å². The normalized spacial score (nSPS) is 26.1. The second-order valence-corrected chi connectivity index (χ2v) is 7.66. The van der Waals surface area contributed by atoms with Crippen molar-refractivity contribution in [1.29, 1.82) is 0 Å². The van der Waals surface area contributed by atoms with Gasteiger partial charge in [0, 0.05) is 29.8 Å². The number of nitrogens with zero attached hydrogens (tertiary/aromatic N) is 2. The van der Waals surface area contributed by atoms with Gasteiger partial charge in [0.25, 0.3) is 0 Å². The van der Waals surface area contributed by atoms with Crippen LogP contribution in [-0.4, -0.2) is 41.3 Å². The first-order valence-corrected chi connectivity index (χ1v) is 8.27. The third-order valence-electron chi connectivity index (χ3n) is 3.21. The minimum Gasteiger partial charge on any atom is -0.383 e. The molecular weight excluding hydrogens is 270 g/mol. The first-order valence-electron chi connectivity index (χ1n) is 5.78. The van der Waals surface area contributed by atoms with Gasteiger partial charge in [0.05, 0.1) is 0 Å². The van der Waals surface area contributed by atoms with E-state index in [1.54, 1.807) is 17.8 Å². The van der Waals surface area contributed by atoms with Gasteiger partial charge in [-0.2, -0.15) is 16.1 Å². The number of hydrogen-bond acceptors (Lipinski definition) is 5. The Kier molecular flexibility index (Phi) is 3.84. The van der Waals surface area contributed by atoms with Crippen LogP contribution in [-0.2, 0) is 10.0 Å². The van der Waals surface area contributed by atoms with Crippen LogP contribution in [0.5, 0.6) is 0 Å². The molecule has 1 aliphatic rings. The van der Waals surface area contributed by atoms with E-state index < -0.39 is 10.0 Å². The molecule has 2 rings (SSSR count). The fourth-order valence-corrected chi connectivity index (χ4v) is 5.06. The number of nitrogens with two attached hydrogens (primary N) is 1. The molecule has 2 atom stereocenters. The van der Waals surface area contributed by atoms with Crippen LogP contribution in [0.1, 0.15) is 13.8 Å². The lowest BCUT2D eigenvalue weighted by molar-refractivity contribution is 0.340. The average Bonchev–Trinajstić information content (AvgIpc) is 2.32. The third-order valence-corrected chi connectivity index (χ3v) is 6.58. The third kappa shape index (κ3) is 2.34. The van der Waals surface area contributed by atoms with E-state index in [-0.39, 0.29) is 22.0 Å². The Morgan fingerprint density at radius 3 is 2.89 bits per heavy atom. The first kappa shape index (κ1) is 13.6. The second kappa shape index (κ2) is 5.07. The van der Waals surface area contributed by atoms with E-state index in [4.69, 9.17) is 5.73 Å². The molecule has 0 aliphatic carbocycles. The van der Waals surface area contributed by atoms with Crippen LogP contribution in [0.15, 0.2) is 23.2 Å². The number of anilines is 1. The molecule has 0 amide bonds. The van der Waals surface area contributed by atoms with Crippen LogP contribution in [0, 0.1) is 0 Å². The topological polar surface area (TPSA) is 76.3 Å². The van der Waals surface area contributed by atoms with Crippen LogP contribution >= 0.6 is 11.8 Å². The van der Waals surface area contributed by atoms with Crippen molar-refractivity contribution in [2.75, 3.05) is 18.0 Å². The summed E-state index contributed by atoms with van der Waals surface area (Å²) in [6, 6.07) is 3.07. The van der Waals surface area contributed by atoms with Crippen molar-refractivity contribution in [1.82, 2.24) is 9.29 Å². The maximum atomic E-state index is 12.6. The largest absolute Gasteiger partial charge is 0.383 e. The first-order chi connectivity index (χ1) is 8.44. The van der Waals surface area contributed by atoms with E-state index in [2.05, 4.69) is 4.98 Å². The van der Waals surface area contributed by atoms with E-state index in [0.29, 0.717) is 6.54 Å². The van der Waals surface area contributed by atoms with Crippen molar-refractivity contribution in [3.8, 4) is 0 Å². The van der Waals surface area contributed by atoms with E-state index in [1.807, 2.05) is 13.8 Å². The van der Waals surface area contributed by atoms with Crippen LogP contribution in [0.3, 0.4) is 0 Å². The van der Waals surface area contributed by atoms with Gasteiger partial charge in [0.15, 0.2) is 0 Å². The molecular formula is C11H17N3O2S2. The maximum Gasteiger partial charge on any atom is 0.247 e. The number of sulfonamides is 1. The summed E-state index contributed by atoms with van der Waals surface area (Å²) in [4.78, 5) is 3.96. The van der Waals surface area contributed by atoms with E-state index >= 15 is 0 Å². The standard InChI is InChI=1S/C11H17N3O2S2/c1-8-9(2)17-7-6-14(8)18(15,16)10-4-3-5-13-11(10)12/h3-5,8-9H,6-7H2,1-2H3,(H2,12,13). The zero-order valence-electron chi connectivity index (χ0n) is 10.4. The Morgan fingerprint density at radius 1 is 1.50 bits per heavy atom. The molecule has 2 heterocycles. The van der Waals surface area contributed by atoms with Crippen LogP contribution < -0.4 is 5.73 Å². The summed E-state index contributed by atoms with van der Waals surface area (Å²) >= 11 is 1.79. The summed E-state index contributed by atoms with van der Waals surface area (Å²) in [6.07, 6.45) is 1.49. The van der Waals surface area contributed by atoms with Crippen LogP contribution in [0.25, 0.3) is 0 Å². The van der Waals surface area contributed by atoms with Gasteiger partial charge < -0.3 is 5.73 Å². The van der Waals surface area contributed by atoms with E-state index in [1.165, 1.54) is 16.6 Å². The van der Waals surface area contributed by atoms with E-state index in [9.17, 15) is 8.42 Å². The minimum absolute atomic E-state index is 0.0339. The molecule has 1 fully saturated rings. The molecule has 1 saturated heterocycles. The number of hydrogen-bond donors (Lipinski definition) is 1. The van der Waals surface area contributed by atoms with Gasteiger partial charge >= 0.3 is 0 Å². The quantitative estimate of drug-likeness (QED) is 0.884. The van der Waals surface area contributed by atoms with Crippen molar-refractivity contribution >= 4 is 27.6 Å². The Labute approximate surface area is 112 Å². The smallest absolute Gasteiger partial charge is 0.247 e. The molecule has 1 aliphatic heterocycles. The number of aromatic nitrogens is 1. The predicted molar refractivity (Wildman–Crippen MR) is 73.9 cm³/mol. The Bertz CT molecular complexity index is 533. The fourth-order valence-electron chi connectivity index (χ4n) is 1.99. The Morgan fingerprint density at radius 2 is 2.22 bits per heavy atom. The molecule has 2 N–H and O–H groups in total. The molecule has 7 heteroatoms. The minimum atomic E-state index is -3.54. The van der Waals surface area contributed by atoms with Gasteiger partial charge in [-0.25, -0.2) is 13.4 Å². The zero-order valence-corrected chi connectivity index (χ0v) is 12.0. The predicted octanol–water partition coefficient (Wildman–Crippen LogP) is 1.18. The van der Waals surface area contributed by atoms with Crippen molar-refractivity contribution in [2.24, 2.45) is 0 Å². The molecule has 18 heavy (non-hydrogen) atoms. The van der Waals surface area contributed by atoms with Crippen molar-refractivity contribution in [3.63, 3.8) is 0 Å². The lowest BCUT2D eigenvalue weighted by Gasteiger charge is -2.36. The summed E-state index contributed by atoms with van der Waals surface area (Å²) < 4.78 is 26.7. The van der Waals surface area contributed by atoms with Gasteiger partial charge in [0.2, 0.25) is 10.0 Å². The SMILES string of the molecule is CC1SCCN(S(=O)(=O)c2cccnc2N)C1C. The lowest BCUT2D eigenvalue weighted by atomic mass is 10.2. The molecule has 0 aromatic carbocycles. The summed E-state index contributed by atoms with van der Waals surface area (Å²) in [7, 11) is -3.54. The second-order valence-electron chi connectivity index (χ2n) is 4.32. The average molecular weight is 287 g/mol. The molecule has 0 saturated carbocycles. The monoisotopic (exact) mass is 287 g/mol. The Hall–Kier alpha value is -0.790. The summed E-state index contributed by atoms with van der Waals surface area (Å²) in [5.74, 6) is 0.876. The molecule has 1 aromatic rings. The van der Waals surface area contributed by atoms with Gasteiger partial charge in [-0.1, -0.05) is 6.92 Å². The zero-order chi connectivity index (χ0) is 13.3. The molecule has 0 spiro atoms. The molecule has 1 aromatic heterocycles. The maximum absolute atomic E-state index is 12.6. The lowest BCUT2D eigenvalue weighted by Crippen LogP contribution is -2.47. The van der Waals surface area contributed by atoms with Crippen LogP contribution in [0.4, 0.5) is 5.82 Å². The van der Waals surface area contributed by atoms with Crippen molar-refractivity contribution < 1.29 is 8.42 Å². The highest BCUT2D eigenvalue weighted by Crippen LogP contribution is 2.30. The number of thioether (sulfide) groups is 1. The van der Waals surface area contributed by atoms with Gasteiger partial charge in [-0.15, -0.1) is 0 Å². The van der Waals surface area contributed by atoms with Gasteiger partial charge in [-0.05, 0) is 19.1 Å². The molecule has 5 nitrogen and oxygen atoms in total. The van der Waals surface area contributed by atoms with Crippen molar-refractivity contribution in [2.45, 2.75) is 30.0 Å². The summed E-state index contributed by atoms with van der Waals surface area (Å²) in [5, 5.41) is 0.284. The number of nitrogen functional groups attached to an aromatic ring is 1. The van der Waals surface area contributed by atoms with E-state index in [0.717, 1.165) is 5.75 Å². The number of pyridine rings is 1. The molecule has 2 unspecified atom stereocenters. The highest BCUT2D eigenvalue weighted by molar-refractivity contribution is 8.00. The molecule has 100 valence electrons. The fraction of sp³-hybridized carbons (Fsp3) is 0.545. The number of rotatable bonds is 2. The molecule has 0 radical (unpaired) electrons. The summed E-state index contributed by atoms with van der Waals surface area (Å²) in [6.45, 7) is 4.50. The summed E-state index contributed by atoms with van der Waals surface area (Å²) in [5.41, 5.74) is 5.67. The van der Waals surface area contributed by atoms with Gasteiger partial charge in [0.1, 0.15) is 10.7 Å². The molecule has 0 bridgehead atoms. The Balaban J connectivity index is 2.40. The highest BCUT2D eigenvalue weighted by Gasteiger charge is 2.35. The van der Waals surface area contributed by atoms with Gasteiger partial charge in [-0.3, -0.25) is 0 Å². The highest BCUT2D eigenvalue weighted by atomic mass is 32.2.